The number of rotatable bonds is 2. The van der Waals surface area contributed by atoms with Crippen molar-refractivity contribution in [1.29, 1.82) is 0 Å². The number of nitrogens with zero attached hydrogens (tertiary/aromatic N) is 1. The minimum atomic E-state index is -4.48. The first-order valence-electron chi connectivity index (χ1n) is 5.02. The van der Waals surface area contributed by atoms with Crippen molar-refractivity contribution in [2.75, 3.05) is 0 Å². The number of carbonyl (C=O) groups is 1. The van der Waals surface area contributed by atoms with Crippen LogP contribution in [-0.2, 0) is 6.18 Å². The van der Waals surface area contributed by atoms with Gasteiger partial charge in [0, 0.05) is 12.5 Å². The van der Waals surface area contributed by atoms with Gasteiger partial charge in [-0.25, -0.2) is 4.98 Å². The van der Waals surface area contributed by atoms with Crippen LogP contribution in [0.2, 0.25) is 0 Å². The highest BCUT2D eigenvalue weighted by atomic mass is 19.4. The monoisotopic (exact) mass is 255 g/mol. The van der Waals surface area contributed by atoms with E-state index in [4.69, 9.17) is 4.42 Å². The van der Waals surface area contributed by atoms with Crippen molar-refractivity contribution < 1.29 is 22.4 Å². The predicted octanol–water partition coefficient (Wildman–Crippen LogP) is 3.23. The van der Waals surface area contributed by atoms with E-state index in [1.54, 1.807) is 6.92 Å². The summed E-state index contributed by atoms with van der Waals surface area (Å²) in [5.74, 6) is -0.316. The summed E-state index contributed by atoms with van der Waals surface area (Å²) in [4.78, 5) is 15.6. The van der Waals surface area contributed by atoms with Gasteiger partial charge in [-0.05, 0) is 12.1 Å². The van der Waals surface area contributed by atoms with Gasteiger partial charge in [0.2, 0.25) is 5.78 Å². The normalized spacial score (nSPS) is 11.6. The second-order valence-electron chi connectivity index (χ2n) is 3.66. The predicted molar refractivity (Wildman–Crippen MR) is 56.1 cm³/mol. The van der Waals surface area contributed by atoms with E-state index < -0.39 is 17.5 Å². The summed E-state index contributed by atoms with van der Waals surface area (Å²) in [6, 6.07) is 4.20. The Hall–Kier alpha value is -2.11. The van der Waals surface area contributed by atoms with Crippen molar-refractivity contribution in [1.82, 2.24) is 4.98 Å². The molecule has 2 rings (SSSR count). The summed E-state index contributed by atoms with van der Waals surface area (Å²) < 4.78 is 42.3. The van der Waals surface area contributed by atoms with Crippen molar-refractivity contribution in [3.63, 3.8) is 0 Å². The highest BCUT2D eigenvalue weighted by Crippen LogP contribution is 2.29. The highest BCUT2D eigenvalue weighted by Gasteiger charge is 2.31. The third-order valence-corrected chi connectivity index (χ3v) is 2.30. The topological polar surface area (TPSA) is 43.1 Å². The van der Waals surface area contributed by atoms with Crippen molar-refractivity contribution >= 4 is 5.78 Å². The van der Waals surface area contributed by atoms with Crippen molar-refractivity contribution in [2.45, 2.75) is 13.1 Å². The van der Waals surface area contributed by atoms with Gasteiger partial charge in [-0.15, -0.1) is 0 Å². The molecule has 0 aliphatic rings. The molecule has 0 spiro atoms. The van der Waals surface area contributed by atoms with Crippen LogP contribution in [0.3, 0.4) is 0 Å². The summed E-state index contributed by atoms with van der Waals surface area (Å²) >= 11 is 0. The number of carbonyl (C=O) groups excluding carboxylic acids is 1. The van der Waals surface area contributed by atoms with E-state index in [1.165, 1.54) is 12.1 Å². The number of oxazole rings is 1. The Balaban J connectivity index is 2.37. The molecule has 1 aromatic heterocycles. The van der Waals surface area contributed by atoms with Gasteiger partial charge in [-0.2, -0.15) is 13.2 Å². The smallest absolute Gasteiger partial charge is 0.416 e. The molecule has 0 saturated carbocycles. The van der Waals surface area contributed by atoms with E-state index >= 15 is 0 Å². The minimum absolute atomic E-state index is 0.00757. The van der Waals surface area contributed by atoms with Gasteiger partial charge in [0.25, 0.3) is 0 Å². The number of halogens is 3. The lowest BCUT2D eigenvalue weighted by molar-refractivity contribution is -0.137. The van der Waals surface area contributed by atoms with Crippen LogP contribution in [0.25, 0.3) is 0 Å². The van der Waals surface area contributed by atoms with Gasteiger partial charge in [0.05, 0.1) is 5.56 Å². The molecule has 2 aromatic rings. The maximum absolute atomic E-state index is 12.5. The molecule has 0 unspecified atom stereocenters. The molecule has 94 valence electrons. The Morgan fingerprint density at radius 1 is 1.33 bits per heavy atom. The molecule has 0 radical (unpaired) electrons. The van der Waals surface area contributed by atoms with Crippen LogP contribution in [0.1, 0.15) is 27.5 Å². The molecule has 1 aromatic carbocycles. The Kier molecular flexibility index (Phi) is 2.94. The van der Waals surface area contributed by atoms with Crippen LogP contribution in [-0.4, -0.2) is 10.8 Å². The van der Waals surface area contributed by atoms with Gasteiger partial charge in [0.15, 0.2) is 5.89 Å². The molecule has 0 fully saturated rings. The molecule has 0 aliphatic carbocycles. The van der Waals surface area contributed by atoms with Gasteiger partial charge in [0.1, 0.15) is 12.0 Å². The quantitative estimate of drug-likeness (QED) is 0.774. The van der Waals surface area contributed by atoms with E-state index in [9.17, 15) is 18.0 Å². The van der Waals surface area contributed by atoms with Crippen molar-refractivity contribution in [3.8, 4) is 0 Å². The average molecular weight is 255 g/mol. The molecule has 0 aliphatic heterocycles. The van der Waals surface area contributed by atoms with Crippen LogP contribution >= 0.6 is 0 Å². The van der Waals surface area contributed by atoms with Crippen molar-refractivity contribution in [2.24, 2.45) is 0 Å². The number of alkyl halides is 3. The fourth-order valence-corrected chi connectivity index (χ4v) is 1.45. The molecule has 0 saturated heterocycles. The Labute approximate surface area is 100 Å². The zero-order valence-corrected chi connectivity index (χ0v) is 9.28. The summed E-state index contributed by atoms with van der Waals surface area (Å²) in [7, 11) is 0. The molecule has 0 amide bonds. The number of benzene rings is 1. The molecule has 1 heterocycles. The summed E-state index contributed by atoms with van der Waals surface area (Å²) in [5.41, 5.74) is -0.946. The van der Waals surface area contributed by atoms with E-state index in [0.29, 0.717) is 0 Å². The zero-order valence-electron chi connectivity index (χ0n) is 9.28. The molecule has 0 bridgehead atoms. The van der Waals surface area contributed by atoms with E-state index in [2.05, 4.69) is 4.98 Å². The standard InChI is InChI=1S/C12H8F3NO2/c1-7-16-10(6-18-7)11(17)8-3-2-4-9(5-8)12(13,14)15/h2-6H,1H3. The lowest BCUT2D eigenvalue weighted by Crippen LogP contribution is -2.08. The third-order valence-electron chi connectivity index (χ3n) is 2.30. The molecule has 0 N–H and O–H groups in total. The van der Waals surface area contributed by atoms with Gasteiger partial charge < -0.3 is 4.42 Å². The Bertz CT molecular complexity index is 587. The first-order valence-corrected chi connectivity index (χ1v) is 5.02. The molecule has 3 nitrogen and oxygen atoms in total. The molecule has 18 heavy (non-hydrogen) atoms. The largest absolute Gasteiger partial charge is 0.449 e. The number of aromatic nitrogens is 1. The average Bonchev–Trinajstić information content (AvgIpc) is 2.74. The molecule has 0 atom stereocenters. The summed E-state index contributed by atoms with van der Waals surface area (Å²) in [5, 5.41) is 0. The lowest BCUT2D eigenvalue weighted by Gasteiger charge is -2.07. The maximum atomic E-state index is 12.5. The fourth-order valence-electron chi connectivity index (χ4n) is 1.45. The van der Waals surface area contributed by atoms with Crippen LogP contribution in [0.4, 0.5) is 13.2 Å². The Morgan fingerprint density at radius 3 is 2.61 bits per heavy atom. The Morgan fingerprint density at radius 2 is 2.06 bits per heavy atom. The van der Waals surface area contributed by atoms with Crippen LogP contribution in [0.15, 0.2) is 34.9 Å². The molecular formula is C12H8F3NO2. The van der Waals surface area contributed by atoms with Gasteiger partial charge in [-0.3, -0.25) is 4.79 Å². The second-order valence-corrected chi connectivity index (χ2v) is 3.66. The second kappa shape index (κ2) is 4.29. The zero-order chi connectivity index (χ0) is 13.3. The van der Waals surface area contributed by atoms with Crippen LogP contribution in [0, 0.1) is 6.92 Å². The minimum Gasteiger partial charge on any atom is -0.449 e. The van der Waals surface area contributed by atoms with E-state index in [0.717, 1.165) is 18.4 Å². The number of aryl methyl sites for hydroxylation is 1. The highest BCUT2D eigenvalue weighted by molar-refractivity contribution is 6.07. The number of hydrogen-bond acceptors (Lipinski definition) is 3. The number of ketones is 1. The van der Waals surface area contributed by atoms with E-state index in [1.807, 2.05) is 0 Å². The molecule has 6 heteroatoms. The summed E-state index contributed by atoms with van der Waals surface area (Å²) in [6.07, 6.45) is -3.35. The first kappa shape index (κ1) is 12.3. The van der Waals surface area contributed by atoms with Crippen LogP contribution < -0.4 is 0 Å². The SMILES string of the molecule is Cc1nc(C(=O)c2cccc(C(F)(F)F)c2)co1. The lowest BCUT2D eigenvalue weighted by atomic mass is 10.1. The summed E-state index contributed by atoms with van der Waals surface area (Å²) in [6.45, 7) is 1.54. The first-order chi connectivity index (χ1) is 8.38. The third kappa shape index (κ3) is 2.42. The number of hydrogen-bond donors (Lipinski definition) is 0. The molecular weight excluding hydrogens is 247 g/mol. The fraction of sp³-hybridized carbons (Fsp3) is 0.167. The van der Waals surface area contributed by atoms with Crippen LogP contribution in [0.5, 0.6) is 0 Å². The van der Waals surface area contributed by atoms with Crippen molar-refractivity contribution in [3.05, 3.63) is 53.2 Å². The maximum Gasteiger partial charge on any atom is 0.416 e. The van der Waals surface area contributed by atoms with E-state index in [-0.39, 0.29) is 17.1 Å². The van der Waals surface area contributed by atoms with Gasteiger partial charge in [-0.1, -0.05) is 12.1 Å². The van der Waals surface area contributed by atoms with Gasteiger partial charge >= 0.3 is 6.18 Å².